The van der Waals surface area contributed by atoms with Crippen molar-refractivity contribution in [1.29, 1.82) is 0 Å². The molecule has 0 aliphatic carbocycles. The number of carbonyl (C=O) groups is 2. The molecule has 7 nitrogen and oxygen atoms in total. The van der Waals surface area contributed by atoms with E-state index in [0.29, 0.717) is 34.7 Å². The zero-order valence-electron chi connectivity index (χ0n) is 20.0. The van der Waals surface area contributed by atoms with Crippen molar-refractivity contribution in [2.45, 2.75) is 25.8 Å². The SMILES string of the molecule is CNC(=O)c1c(C)sc2cc(Oc3ccnc4cc(C(=O)N5CCC[C@H]5COC)ccc34)ccc12. The van der Waals surface area contributed by atoms with E-state index in [9.17, 15) is 9.59 Å². The van der Waals surface area contributed by atoms with E-state index in [4.69, 9.17) is 9.47 Å². The Labute approximate surface area is 207 Å². The van der Waals surface area contributed by atoms with Crippen molar-refractivity contribution in [3.8, 4) is 11.5 Å². The van der Waals surface area contributed by atoms with Gasteiger partial charge in [0.05, 0.1) is 23.7 Å². The van der Waals surface area contributed by atoms with Gasteiger partial charge in [-0.15, -0.1) is 11.3 Å². The molecule has 0 radical (unpaired) electrons. The second-order valence-corrected chi connectivity index (χ2v) is 9.92. The minimum atomic E-state index is -0.0876. The second kappa shape index (κ2) is 9.64. The van der Waals surface area contributed by atoms with E-state index >= 15 is 0 Å². The molecule has 1 fully saturated rings. The summed E-state index contributed by atoms with van der Waals surface area (Å²) in [7, 11) is 3.31. The highest BCUT2D eigenvalue weighted by atomic mass is 32.1. The van der Waals surface area contributed by atoms with Crippen LogP contribution in [0.25, 0.3) is 21.0 Å². The molecule has 3 heterocycles. The quantitative estimate of drug-likeness (QED) is 0.405. The number of fused-ring (bicyclic) bond motifs is 2. The lowest BCUT2D eigenvalue weighted by Gasteiger charge is -2.24. The molecule has 0 bridgehead atoms. The van der Waals surface area contributed by atoms with Crippen molar-refractivity contribution in [2.75, 3.05) is 27.3 Å². The molecule has 2 aromatic carbocycles. The minimum Gasteiger partial charge on any atom is -0.457 e. The number of likely N-dealkylation sites (tertiary alicyclic amines) is 1. The molecule has 8 heteroatoms. The zero-order valence-corrected chi connectivity index (χ0v) is 20.8. The van der Waals surface area contributed by atoms with E-state index in [2.05, 4.69) is 10.3 Å². The summed E-state index contributed by atoms with van der Waals surface area (Å²) in [5.41, 5.74) is 2.02. The van der Waals surface area contributed by atoms with Crippen LogP contribution in [0.4, 0.5) is 0 Å². The average molecular weight is 490 g/mol. The predicted octanol–water partition coefficient (Wildman–Crippen LogP) is 5.16. The summed E-state index contributed by atoms with van der Waals surface area (Å²) >= 11 is 1.57. The molecule has 35 heavy (non-hydrogen) atoms. The van der Waals surface area contributed by atoms with Crippen LogP contribution >= 0.6 is 11.3 Å². The Bertz CT molecular complexity index is 1430. The van der Waals surface area contributed by atoms with Gasteiger partial charge in [0.25, 0.3) is 11.8 Å². The molecule has 180 valence electrons. The molecular formula is C27H27N3O4S. The van der Waals surface area contributed by atoms with Gasteiger partial charge in [0.15, 0.2) is 0 Å². The summed E-state index contributed by atoms with van der Waals surface area (Å²) in [5, 5.41) is 4.45. The van der Waals surface area contributed by atoms with Crippen LogP contribution in [0.1, 0.15) is 38.4 Å². The first-order valence-electron chi connectivity index (χ1n) is 11.6. The molecule has 5 rings (SSSR count). The maximum absolute atomic E-state index is 13.2. The van der Waals surface area contributed by atoms with Crippen LogP contribution in [-0.4, -0.2) is 55.0 Å². The van der Waals surface area contributed by atoms with Crippen molar-refractivity contribution in [3.05, 3.63) is 64.7 Å². The Kier molecular flexibility index (Phi) is 6.40. The van der Waals surface area contributed by atoms with Crippen LogP contribution in [-0.2, 0) is 4.74 Å². The van der Waals surface area contributed by atoms with Crippen molar-refractivity contribution in [1.82, 2.24) is 15.2 Å². The Hall–Kier alpha value is -3.49. The van der Waals surface area contributed by atoms with Crippen molar-refractivity contribution < 1.29 is 19.1 Å². The summed E-state index contributed by atoms with van der Waals surface area (Å²) in [6, 6.07) is 13.2. The predicted molar refractivity (Wildman–Crippen MR) is 138 cm³/mol. The number of hydrogen-bond acceptors (Lipinski definition) is 6. The Morgan fingerprint density at radius 3 is 2.80 bits per heavy atom. The van der Waals surface area contributed by atoms with Crippen LogP contribution in [0.5, 0.6) is 11.5 Å². The highest BCUT2D eigenvalue weighted by Gasteiger charge is 2.29. The number of methoxy groups -OCH3 is 1. The van der Waals surface area contributed by atoms with E-state index in [1.165, 1.54) is 0 Å². The van der Waals surface area contributed by atoms with Gasteiger partial charge in [-0.05, 0) is 62.2 Å². The van der Waals surface area contributed by atoms with Crippen LogP contribution < -0.4 is 10.1 Å². The van der Waals surface area contributed by atoms with E-state index in [0.717, 1.165) is 39.7 Å². The van der Waals surface area contributed by atoms with E-state index in [1.54, 1.807) is 31.7 Å². The third kappa shape index (κ3) is 4.35. The standard InChI is InChI=1S/C27H27N3O4S/c1-16-25(26(31)28-2)21-9-7-19(14-24(21)35-16)34-23-10-11-29-22-13-17(6-8-20(22)23)27(32)30-12-4-5-18(30)15-33-3/h6-11,13-14,18H,4-5,12,15H2,1-3H3,(H,28,31)/t18-/m0/s1. The molecule has 1 N–H and O–H groups in total. The first kappa shape index (κ1) is 23.3. The molecule has 0 saturated carbocycles. The molecule has 4 aromatic rings. The fourth-order valence-electron chi connectivity index (χ4n) is 4.78. The number of thiophene rings is 1. The number of hydrogen-bond donors (Lipinski definition) is 1. The van der Waals surface area contributed by atoms with Gasteiger partial charge in [-0.25, -0.2) is 0 Å². The fourth-order valence-corrected chi connectivity index (χ4v) is 5.87. The fraction of sp³-hybridized carbons (Fsp3) is 0.296. The van der Waals surface area contributed by atoms with Crippen LogP contribution in [0.15, 0.2) is 48.7 Å². The molecule has 0 spiro atoms. The van der Waals surface area contributed by atoms with Gasteiger partial charge in [0.2, 0.25) is 0 Å². The van der Waals surface area contributed by atoms with Gasteiger partial charge in [0.1, 0.15) is 11.5 Å². The third-order valence-electron chi connectivity index (χ3n) is 6.47. The van der Waals surface area contributed by atoms with Gasteiger partial charge in [-0.3, -0.25) is 14.6 Å². The highest BCUT2D eigenvalue weighted by Crippen LogP contribution is 2.36. The lowest BCUT2D eigenvalue weighted by Crippen LogP contribution is -2.38. The average Bonchev–Trinajstić information content (AvgIpc) is 3.46. The summed E-state index contributed by atoms with van der Waals surface area (Å²) in [5.74, 6) is 1.25. The van der Waals surface area contributed by atoms with Crippen molar-refractivity contribution >= 4 is 44.1 Å². The van der Waals surface area contributed by atoms with E-state index < -0.39 is 0 Å². The zero-order chi connectivity index (χ0) is 24.5. The maximum Gasteiger partial charge on any atom is 0.254 e. The maximum atomic E-state index is 13.2. The number of pyridine rings is 1. The number of ether oxygens (including phenoxy) is 2. The molecule has 2 aromatic heterocycles. The molecule has 1 aliphatic rings. The van der Waals surface area contributed by atoms with Crippen molar-refractivity contribution in [3.63, 3.8) is 0 Å². The normalized spacial score (nSPS) is 15.6. The number of aryl methyl sites for hydroxylation is 1. The first-order chi connectivity index (χ1) is 17.0. The summed E-state index contributed by atoms with van der Waals surface area (Å²) < 4.78 is 12.5. The molecular weight excluding hydrogens is 462 g/mol. The largest absolute Gasteiger partial charge is 0.457 e. The summed E-state index contributed by atoms with van der Waals surface area (Å²) in [4.78, 5) is 32.8. The summed E-state index contributed by atoms with van der Waals surface area (Å²) in [6.45, 7) is 3.24. The number of benzene rings is 2. The van der Waals surface area contributed by atoms with Crippen LogP contribution in [0.3, 0.4) is 0 Å². The van der Waals surface area contributed by atoms with Gasteiger partial charge >= 0.3 is 0 Å². The number of nitrogens with one attached hydrogen (secondary N) is 1. The first-order valence-corrected chi connectivity index (χ1v) is 12.4. The number of rotatable bonds is 6. The second-order valence-electron chi connectivity index (χ2n) is 8.66. The number of amides is 2. The number of aromatic nitrogens is 1. The van der Waals surface area contributed by atoms with Crippen LogP contribution in [0.2, 0.25) is 0 Å². The van der Waals surface area contributed by atoms with Gasteiger partial charge in [-0.2, -0.15) is 0 Å². The Morgan fingerprint density at radius 2 is 2.00 bits per heavy atom. The van der Waals surface area contributed by atoms with E-state index in [-0.39, 0.29) is 17.9 Å². The Morgan fingerprint density at radius 1 is 1.17 bits per heavy atom. The number of carbonyl (C=O) groups excluding carboxylic acids is 2. The lowest BCUT2D eigenvalue weighted by atomic mass is 10.1. The lowest BCUT2D eigenvalue weighted by molar-refractivity contribution is 0.0630. The van der Waals surface area contributed by atoms with Crippen LogP contribution in [0, 0.1) is 6.92 Å². The van der Waals surface area contributed by atoms with Gasteiger partial charge < -0.3 is 19.7 Å². The highest BCUT2D eigenvalue weighted by molar-refractivity contribution is 7.19. The minimum absolute atomic E-state index is 0.00464. The molecule has 0 unspecified atom stereocenters. The van der Waals surface area contributed by atoms with Crippen molar-refractivity contribution in [2.24, 2.45) is 0 Å². The van der Waals surface area contributed by atoms with Gasteiger partial charge in [0, 0.05) is 52.8 Å². The molecule has 1 saturated heterocycles. The number of nitrogens with zero attached hydrogens (tertiary/aromatic N) is 2. The molecule has 1 atom stereocenters. The monoisotopic (exact) mass is 489 g/mol. The topological polar surface area (TPSA) is 80.8 Å². The molecule has 1 aliphatic heterocycles. The third-order valence-corrected chi connectivity index (χ3v) is 7.53. The summed E-state index contributed by atoms with van der Waals surface area (Å²) in [6.07, 6.45) is 3.64. The smallest absolute Gasteiger partial charge is 0.254 e. The van der Waals surface area contributed by atoms with E-state index in [1.807, 2.05) is 54.3 Å². The molecule has 2 amide bonds. The van der Waals surface area contributed by atoms with Gasteiger partial charge in [-0.1, -0.05) is 0 Å². The Balaban J connectivity index is 1.43.